The predicted molar refractivity (Wildman–Crippen MR) is 183 cm³/mol. The normalized spacial score (nSPS) is 9.96. The maximum absolute atomic E-state index is 11.4. The molecule has 53 heavy (non-hydrogen) atoms. The molecule has 0 unspecified atom stereocenters. The molecular weight excluding hydrogens is 843 g/mol. The van der Waals surface area contributed by atoms with Gasteiger partial charge in [0.1, 0.15) is 0 Å². The molecule has 291 valence electrons. The molecule has 0 saturated heterocycles. The van der Waals surface area contributed by atoms with E-state index in [1.807, 2.05) is 24.3 Å². The SMILES string of the molecule is O=[N+]([O-])[O-].O=[N+]([O-])[O-].[Cu+2].[Cu+2].[Cu+2].[O-]c1ccccc1C=NCCCN=Cc1ccccc1[O-].[O-]c1ccccc1C=NCCCN=Cc1ccccc1[O-]. The first kappa shape index (κ1) is 52.1. The van der Waals surface area contributed by atoms with Gasteiger partial charge in [-0.3, -0.25) is 20.0 Å². The largest absolute Gasteiger partial charge is 2.00 e. The van der Waals surface area contributed by atoms with E-state index in [4.69, 9.17) is 30.6 Å². The first-order chi connectivity index (χ1) is 24.0. The zero-order valence-corrected chi connectivity index (χ0v) is 30.3. The molecular formula is C34H32Cu3N6O10. The molecule has 19 heteroatoms. The Balaban J connectivity index is -0.000000749. The van der Waals surface area contributed by atoms with E-state index in [1.54, 1.807) is 73.4 Å². The molecule has 0 N–H and O–H groups in total. The molecule has 0 aliphatic carbocycles. The van der Waals surface area contributed by atoms with Crippen LogP contribution in [0.15, 0.2) is 117 Å². The van der Waals surface area contributed by atoms with Gasteiger partial charge in [0.2, 0.25) is 0 Å². The summed E-state index contributed by atoms with van der Waals surface area (Å²) in [5.74, 6) is -0.0877. The molecule has 4 aromatic rings. The summed E-state index contributed by atoms with van der Waals surface area (Å²) in [6.07, 6.45) is 7.93. The molecule has 0 aliphatic heterocycles. The average molecular weight is 875 g/mol. The monoisotopic (exact) mass is 873 g/mol. The van der Waals surface area contributed by atoms with Crippen LogP contribution in [-0.2, 0) is 51.2 Å². The van der Waals surface area contributed by atoms with Crippen molar-refractivity contribution in [3.63, 3.8) is 0 Å². The molecule has 3 radical (unpaired) electrons. The summed E-state index contributed by atoms with van der Waals surface area (Å²) < 4.78 is 0. The van der Waals surface area contributed by atoms with Crippen LogP contribution < -0.4 is 20.4 Å². The Hall–Kier alpha value is -5.28. The van der Waals surface area contributed by atoms with Crippen LogP contribution in [0.1, 0.15) is 35.1 Å². The van der Waals surface area contributed by atoms with Crippen LogP contribution in [0, 0.1) is 30.6 Å². The molecule has 4 aromatic carbocycles. The van der Waals surface area contributed by atoms with Crippen molar-refractivity contribution in [3.8, 4) is 23.0 Å². The van der Waals surface area contributed by atoms with E-state index >= 15 is 0 Å². The van der Waals surface area contributed by atoms with Crippen molar-refractivity contribution >= 4 is 24.9 Å². The Morgan fingerprint density at radius 2 is 0.566 bits per heavy atom. The van der Waals surface area contributed by atoms with Crippen molar-refractivity contribution in [1.82, 2.24) is 0 Å². The van der Waals surface area contributed by atoms with Crippen LogP contribution in [0.3, 0.4) is 0 Å². The Kier molecular flexibility index (Phi) is 32.0. The van der Waals surface area contributed by atoms with Crippen LogP contribution in [0.5, 0.6) is 23.0 Å². The van der Waals surface area contributed by atoms with Crippen molar-refractivity contribution in [2.24, 2.45) is 20.0 Å². The van der Waals surface area contributed by atoms with Crippen molar-refractivity contribution in [1.29, 1.82) is 0 Å². The van der Waals surface area contributed by atoms with Gasteiger partial charge in [0, 0.05) is 51.0 Å². The first-order valence-corrected chi connectivity index (χ1v) is 14.7. The Bertz CT molecular complexity index is 1490. The molecule has 4 rings (SSSR count). The predicted octanol–water partition coefficient (Wildman–Crippen LogP) is 3.04. The molecule has 0 aromatic heterocycles. The minimum Gasteiger partial charge on any atom is -0.872 e. The summed E-state index contributed by atoms with van der Waals surface area (Å²) in [6.45, 7) is 2.41. The van der Waals surface area contributed by atoms with E-state index in [0.717, 1.165) is 12.8 Å². The zero-order valence-electron chi connectivity index (χ0n) is 27.5. The van der Waals surface area contributed by atoms with E-state index in [-0.39, 0.29) is 74.2 Å². The Morgan fingerprint density at radius 1 is 0.396 bits per heavy atom. The third-order valence-corrected chi connectivity index (χ3v) is 5.75. The first-order valence-electron chi connectivity index (χ1n) is 14.7. The van der Waals surface area contributed by atoms with Crippen molar-refractivity contribution in [3.05, 3.63) is 150 Å². The van der Waals surface area contributed by atoms with Crippen molar-refractivity contribution < 1.29 is 81.8 Å². The maximum Gasteiger partial charge on any atom is 2.00 e. The summed E-state index contributed by atoms with van der Waals surface area (Å²) >= 11 is 0. The summed E-state index contributed by atoms with van der Waals surface area (Å²) in [4.78, 5) is 33.3. The summed E-state index contributed by atoms with van der Waals surface area (Å²) in [5, 5.41) is 75.2. The molecule has 0 bridgehead atoms. The van der Waals surface area contributed by atoms with Gasteiger partial charge in [-0.05, 0) is 35.1 Å². The van der Waals surface area contributed by atoms with Gasteiger partial charge in [0.15, 0.2) is 0 Å². The van der Waals surface area contributed by atoms with Gasteiger partial charge in [-0.25, -0.2) is 0 Å². The fraction of sp³-hybridized carbons (Fsp3) is 0.176. The average Bonchev–Trinajstić information content (AvgIpc) is 3.07. The van der Waals surface area contributed by atoms with E-state index in [1.165, 1.54) is 24.3 Å². The van der Waals surface area contributed by atoms with Gasteiger partial charge < -0.3 is 51.1 Å². The minimum absolute atomic E-state index is 0. The van der Waals surface area contributed by atoms with Crippen molar-refractivity contribution in [2.45, 2.75) is 12.8 Å². The second kappa shape index (κ2) is 32.6. The van der Waals surface area contributed by atoms with Gasteiger partial charge in [0.25, 0.3) is 0 Å². The number of rotatable bonds is 12. The minimum atomic E-state index is -1.75. The maximum atomic E-state index is 11.4. The summed E-state index contributed by atoms with van der Waals surface area (Å²) in [7, 11) is 0. The quantitative estimate of drug-likeness (QED) is 0.0660. The van der Waals surface area contributed by atoms with E-state index in [0.29, 0.717) is 48.4 Å². The Morgan fingerprint density at radius 3 is 0.736 bits per heavy atom. The van der Waals surface area contributed by atoms with Gasteiger partial charge >= 0.3 is 51.2 Å². The third kappa shape index (κ3) is 27.1. The molecule has 0 aliphatic rings. The number of benzene rings is 4. The van der Waals surface area contributed by atoms with Gasteiger partial charge in [-0.2, -0.15) is 0 Å². The zero-order chi connectivity index (χ0) is 37.0. The van der Waals surface area contributed by atoms with Gasteiger partial charge in [0.05, 0.1) is 10.2 Å². The van der Waals surface area contributed by atoms with Crippen LogP contribution in [0.2, 0.25) is 0 Å². The smallest absolute Gasteiger partial charge is 0.872 e. The second-order valence-electron chi connectivity index (χ2n) is 9.45. The molecule has 0 saturated carbocycles. The molecule has 0 spiro atoms. The second-order valence-corrected chi connectivity index (χ2v) is 9.45. The third-order valence-electron chi connectivity index (χ3n) is 5.75. The Labute approximate surface area is 337 Å². The van der Waals surface area contributed by atoms with E-state index < -0.39 is 10.2 Å². The van der Waals surface area contributed by atoms with Crippen LogP contribution in [-0.4, -0.2) is 61.2 Å². The number of nitrogens with zero attached hydrogens (tertiary/aromatic N) is 6. The van der Waals surface area contributed by atoms with Crippen molar-refractivity contribution in [2.75, 3.05) is 26.2 Å². The van der Waals surface area contributed by atoms with Gasteiger partial charge in [-0.1, -0.05) is 97.1 Å². The van der Waals surface area contributed by atoms with E-state index in [9.17, 15) is 20.4 Å². The molecule has 0 amide bonds. The topological polar surface area (TPSA) is 274 Å². The molecule has 0 heterocycles. The fourth-order valence-electron chi connectivity index (χ4n) is 3.51. The van der Waals surface area contributed by atoms with Crippen LogP contribution in [0.4, 0.5) is 0 Å². The standard InChI is InChI=1S/2C17H18N2O2.3Cu.2NO3/c2*20-16-8-3-1-6-14(16)12-18-10-5-11-19-13-15-7-2-4-9-17(15)21;;;;2*2-1(3)4/h2*1-4,6-9,12-13,20-21H,5,10-11H2;;;;;/q;;3*+2;2*-1/p-4. The molecule has 0 fully saturated rings. The summed E-state index contributed by atoms with van der Waals surface area (Å²) in [5.41, 5.74) is 2.39. The van der Waals surface area contributed by atoms with Crippen LogP contribution >= 0.6 is 0 Å². The molecule has 0 atom stereocenters. The number of hydrogen-bond donors (Lipinski definition) is 0. The number of para-hydroxylation sites is 4. The summed E-state index contributed by atoms with van der Waals surface area (Å²) in [6, 6.07) is 27.2. The van der Waals surface area contributed by atoms with Gasteiger partial charge in [-0.15, -0.1) is 23.0 Å². The molecule has 16 nitrogen and oxygen atoms in total. The number of hydrogen-bond acceptors (Lipinski definition) is 14. The van der Waals surface area contributed by atoms with Crippen LogP contribution in [0.25, 0.3) is 0 Å². The van der Waals surface area contributed by atoms with E-state index in [2.05, 4.69) is 20.0 Å². The number of aliphatic imine (C=N–C) groups is 4. The fourth-order valence-corrected chi connectivity index (χ4v) is 3.51.